The van der Waals surface area contributed by atoms with Gasteiger partial charge < -0.3 is 15.3 Å². The number of urea groups is 1. The number of aliphatic carboxylic acids is 1. The van der Waals surface area contributed by atoms with Crippen molar-refractivity contribution in [2.75, 3.05) is 13.1 Å². The number of carbonyl (C=O) groups excluding carboxylic acids is 1. The van der Waals surface area contributed by atoms with E-state index in [9.17, 15) is 9.59 Å². The first-order chi connectivity index (χ1) is 12.0. The maximum Gasteiger partial charge on any atom is 0.317 e. The van der Waals surface area contributed by atoms with Crippen molar-refractivity contribution in [3.63, 3.8) is 0 Å². The Labute approximate surface area is 147 Å². The molecule has 3 rings (SSSR count). The van der Waals surface area contributed by atoms with Crippen LogP contribution in [0.25, 0.3) is 11.1 Å². The molecule has 0 bridgehead atoms. The van der Waals surface area contributed by atoms with Gasteiger partial charge in [-0.2, -0.15) is 0 Å². The van der Waals surface area contributed by atoms with E-state index < -0.39 is 11.9 Å². The Hall–Kier alpha value is -2.82. The van der Waals surface area contributed by atoms with E-state index in [0.717, 1.165) is 16.7 Å². The van der Waals surface area contributed by atoms with Crippen molar-refractivity contribution in [3.8, 4) is 11.1 Å². The standard InChI is InChI=1S/C20H22N2O3/c1-14(21-20(25)22-12-11-18(13-22)19(23)24)15-7-9-17(10-8-15)16-5-3-2-4-6-16/h2-10,14,18H,11-13H2,1H3,(H,21,25)(H,23,24). The molecule has 2 aromatic carbocycles. The SMILES string of the molecule is CC(NC(=O)N1CCC(C(=O)O)C1)c1ccc(-c2ccccc2)cc1. The second kappa shape index (κ2) is 7.38. The van der Waals surface area contributed by atoms with E-state index in [4.69, 9.17) is 5.11 Å². The number of amides is 2. The summed E-state index contributed by atoms with van der Waals surface area (Å²) in [6.45, 7) is 2.70. The molecule has 0 saturated carbocycles. The van der Waals surface area contributed by atoms with E-state index in [-0.39, 0.29) is 18.6 Å². The number of hydrogen-bond acceptors (Lipinski definition) is 2. The summed E-state index contributed by atoms with van der Waals surface area (Å²) in [5, 5.41) is 12.0. The van der Waals surface area contributed by atoms with Gasteiger partial charge in [-0.1, -0.05) is 54.6 Å². The summed E-state index contributed by atoms with van der Waals surface area (Å²) in [5.74, 6) is -1.29. The number of carbonyl (C=O) groups is 2. The molecule has 1 aliphatic rings. The van der Waals surface area contributed by atoms with Crippen molar-refractivity contribution < 1.29 is 14.7 Å². The van der Waals surface area contributed by atoms with Crippen LogP contribution in [0.15, 0.2) is 54.6 Å². The molecule has 5 nitrogen and oxygen atoms in total. The lowest BCUT2D eigenvalue weighted by Crippen LogP contribution is -2.40. The van der Waals surface area contributed by atoms with Crippen LogP contribution in [0.1, 0.15) is 24.9 Å². The number of rotatable bonds is 4. The first kappa shape index (κ1) is 17.0. The maximum absolute atomic E-state index is 12.3. The third-order valence-electron chi connectivity index (χ3n) is 4.68. The molecule has 0 aliphatic carbocycles. The van der Waals surface area contributed by atoms with Crippen molar-refractivity contribution in [2.45, 2.75) is 19.4 Å². The number of carboxylic acids is 1. The van der Waals surface area contributed by atoms with Gasteiger partial charge in [0.05, 0.1) is 12.0 Å². The van der Waals surface area contributed by atoms with Crippen molar-refractivity contribution in [3.05, 3.63) is 60.2 Å². The molecule has 2 atom stereocenters. The summed E-state index contributed by atoms with van der Waals surface area (Å²) in [6.07, 6.45) is 0.517. The number of likely N-dealkylation sites (tertiary alicyclic amines) is 1. The van der Waals surface area contributed by atoms with Gasteiger partial charge in [-0.25, -0.2) is 4.79 Å². The molecular weight excluding hydrogens is 316 g/mol. The smallest absolute Gasteiger partial charge is 0.317 e. The summed E-state index contributed by atoms with van der Waals surface area (Å²) in [7, 11) is 0. The zero-order chi connectivity index (χ0) is 17.8. The molecule has 130 valence electrons. The minimum Gasteiger partial charge on any atom is -0.481 e. The fourth-order valence-electron chi connectivity index (χ4n) is 3.10. The highest BCUT2D eigenvalue weighted by Gasteiger charge is 2.31. The lowest BCUT2D eigenvalue weighted by atomic mass is 10.0. The van der Waals surface area contributed by atoms with E-state index in [2.05, 4.69) is 17.4 Å². The molecule has 1 saturated heterocycles. The van der Waals surface area contributed by atoms with Crippen molar-refractivity contribution in [2.24, 2.45) is 5.92 Å². The van der Waals surface area contributed by atoms with Gasteiger partial charge in [-0.05, 0) is 30.0 Å². The Bertz CT molecular complexity index is 743. The largest absolute Gasteiger partial charge is 0.481 e. The van der Waals surface area contributed by atoms with Gasteiger partial charge in [0, 0.05) is 13.1 Å². The number of nitrogens with one attached hydrogen (secondary N) is 1. The highest BCUT2D eigenvalue weighted by atomic mass is 16.4. The normalized spacial score (nSPS) is 18.0. The quantitative estimate of drug-likeness (QED) is 0.896. The minimum absolute atomic E-state index is 0.138. The molecule has 1 aliphatic heterocycles. The molecule has 2 N–H and O–H groups in total. The summed E-state index contributed by atoms with van der Waals surface area (Å²) in [5.41, 5.74) is 3.30. The molecule has 2 aromatic rings. The van der Waals surface area contributed by atoms with Gasteiger partial charge in [0.2, 0.25) is 0 Å². The zero-order valence-corrected chi connectivity index (χ0v) is 14.2. The molecule has 0 aromatic heterocycles. The predicted octanol–water partition coefficient (Wildman–Crippen LogP) is 3.53. The Morgan fingerprint density at radius 3 is 2.32 bits per heavy atom. The third kappa shape index (κ3) is 3.99. The van der Waals surface area contributed by atoms with Crippen molar-refractivity contribution >= 4 is 12.0 Å². The number of benzene rings is 2. The predicted molar refractivity (Wildman–Crippen MR) is 96.1 cm³/mol. The van der Waals surface area contributed by atoms with Gasteiger partial charge in [0.25, 0.3) is 0 Å². The molecule has 25 heavy (non-hydrogen) atoms. The van der Waals surface area contributed by atoms with E-state index in [0.29, 0.717) is 13.0 Å². The molecule has 1 fully saturated rings. The number of hydrogen-bond donors (Lipinski definition) is 2. The lowest BCUT2D eigenvalue weighted by molar-refractivity contribution is -0.141. The van der Waals surface area contributed by atoms with Gasteiger partial charge in [-0.15, -0.1) is 0 Å². The fourth-order valence-corrected chi connectivity index (χ4v) is 3.10. The van der Waals surface area contributed by atoms with E-state index >= 15 is 0 Å². The Kier molecular flexibility index (Phi) is 5.03. The van der Waals surface area contributed by atoms with E-state index in [1.165, 1.54) is 0 Å². The molecule has 5 heteroatoms. The highest BCUT2D eigenvalue weighted by Crippen LogP contribution is 2.22. The van der Waals surface area contributed by atoms with E-state index in [1.807, 2.05) is 49.4 Å². The lowest BCUT2D eigenvalue weighted by Gasteiger charge is -2.21. The molecule has 0 radical (unpaired) electrons. The van der Waals surface area contributed by atoms with Crippen LogP contribution < -0.4 is 5.32 Å². The van der Waals surface area contributed by atoms with Crippen LogP contribution in [-0.2, 0) is 4.79 Å². The average molecular weight is 338 g/mol. The molecule has 1 heterocycles. The van der Waals surface area contributed by atoms with Gasteiger partial charge in [0.15, 0.2) is 0 Å². The van der Waals surface area contributed by atoms with Crippen molar-refractivity contribution in [1.29, 1.82) is 0 Å². The van der Waals surface area contributed by atoms with Crippen LogP contribution in [0.5, 0.6) is 0 Å². The average Bonchev–Trinajstić information content (AvgIpc) is 3.13. The summed E-state index contributed by atoms with van der Waals surface area (Å²) in [4.78, 5) is 24.9. The number of carboxylic acid groups (broad SMARTS) is 1. The molecule has 2 unspecified atom stereocenters. The zero-order valence-electron chi connectivity index (χ0n) is 14.2. The summed E-state index contributed by atoms with van der Waals surface area (Å²) in [6, 6.07) is 17.9. The second-order valence-electron chi connectivity index (χ2n) is 6.43. The Morgan fingerprint density at radius 1 is 1.08 bits per heavy atom. The molecular formula is C20H22N2O3. The van der Waals surface area contributed by atoms with Gasteiger partial charge in [0.1, 0.15) is 0 Å². The minimum atomic E-state index is -0.833. The van der Waals surface area contributed by atoms with Crippen LogP contribution in [0, 0.1) is 5.92 Å². The molecule has 0 spiro atoms. The monoisotopic (exact) mass is 338 g/mol. The first-order valence-electron chi connectivity index (χ1n) is 8.48. The topological polar surface area (TPSA) is 69.6 Å². The number of nitrogens with zero attached hydrogens (tertiary/aromatic N) is 1. The summed E-state index contributed by atoms with van der Waals surface area (Å²) < 4.78 is 0. The highest BCUT2D eigenvalue weighted by molar-refractivity contribution is 5.77. The Morgan fingerprint density at radius 2 is 1.72 bits per heavy atom. The van der Waals surface area contributed by atoms with Crippen LogP contribution in [0.2, 0.25) is 0 Å². The van der Waals surface area contributed by atoms with Gasteiger partial charge >= 0.3 is 12.0 Å². The van der Waals surface area contributed by atoms with Crippen LogP contribution in [0.3, 0.4) is 0 Å². The van der Waals surface area contributed by atoms with Crippen LogP contribution in [0.4, 0.5) is 4.79 Å². The fraction of sp³-hybridized carbons (Fsp3) is 0.300. The van der Waals surface area contributed by atoms with Gasteiger partial charge in [-0.3, -0.25) is 4.79 Å². The second-order valence-corrected chi connectivity index (χ2v) is 6.43. The third-order valence-corrected chi connectivity index (χ3v) is 4.68. The first-order valence-corrected chi connectivity index (χ1v) is 8.48. The summed E-state index contributed by atoms with van der Waals surface area (Å²) >= 11 is 0. The maximum atomic E-state index is 12.3. The Balaban J connectivity index is 1.61. The van der Waals surface area contributed by atoms with Crippen LogP contribution >= 0.6 is 0 Å². The van der Waals surface area contributed by atoms with E-state index in [1.54, 1.807) is 4.90 Å². The molecule has 2 amide bonds. The van der Waals surface area contributed by atoms with Crippen LogP contribution in [-0.4, -0.2) is 35.1 Å². The van der Waals surface area contributed by atoms with Crippen molar-refractivity contribution in [1.82, 2.24) is 10.2 Å².